The Morgan fingerprint density at radius 2 is 1.74 bits per heavy atom. The summed E-state index contributed by atoms with van der Waals surface area (Å²) in [6, 6.07) is 14.5. The van der Waals surface area contributed by atoms with Crippen molar-refractivity contribution in [2.45, 2.75) is 45.5 Å². The molecule has 2 amide bonds. The monoisotopic (exact) mass is 480 g/mol. The van der Waals surface area contributed by atoms with Crippen molar-refractivity contribution in [1.29, 1.82) is 0 Å². The molecule has 2 aromatic rings. The summed E-state index contributed by atoms with van der Waals surface area (Å²) in [5, 5.41) is 4.30. The van der Waals surface area contributed by atoms with Gasteiger partial charge in [-0.1, -0.05) is 68.2 Å². The minimum atomic E-state index is -0.520. The van der Waals surface area contributed by atoms with E-state index in [1.807, 2.05) is 57.2 Å². The first kappa shape index (κ1) is 25.6. The fourth-order valence-electron chi connectivity index (χ4n) is 3.09. The van der Waals surface area contributed by atoms with Gasteiger partial charge in [0.05, 0.1) is 5.75 Å². The molecule has 168 valence electrons. The number of hydrogen-bond donors (Lipinski definition) is 1. The van der Waals surface area contributed by atoms with Crippen molar-refractivity contribution in [3.05, 3.63) is 69.7 Å². The molecular formula is C24H30Cl2N2O2S. The van der Waals surface area contributed by atoms with Crippen molar-refractivity contribution in [1.82, 2.24) is 10.2 Å². The van der Waals surface area contributed by atoms with E-state index in [-0.39, 0.29) is 17.6 Å². The van der Waals surface area contributed by atoms with Crippen LogP contribution in [0.2, 0.25) is 10.0 Å². The number of benzene rings is 2. The van der Waals surface area contributed by atoms with Gasteiger partial charge in [-0.3, -0.25) is 9.59 Å². The lowest BCUT2D eigenvalue weighted by Gasteiger charge is -2.31. The van der Waals surface area contributed by atoms with Crippen molar-refractivity contribution >= 4 is 46.8 Å². The number of nitrogens with one attached hydrogen (secondary N) is 1. The van der Waals surface area contributed by atoms with Crippen LogP contribution >= 0.6 is 35.0 Å². The number of rotatable bonds is 11. The number of hydrogen-bond acceptors (Lipinski definition) is 3. The van der Waals surface area contributed by atoms with Gasteiger partial charge < -0.3 is 10.2 Å². The largest absolute Gasteiger partial charge is 0.354 e. The third-order valence-corrected chi connectivity index (χ3v) is 6.20. The van der Waals surface area contributed by atoms with Crippen molar-refractivity contribution in [3.63, 3.8) is 0 Å². The lowest BCUT2D eigenvalue weighted by atomic mass is 10.1. The zero-order valence-corrected chi connectivity index (χ0v) is 20.6. The summed E-state index contributed by atoms with van der Waals surface area (Å²) in [4.78, 5) is 27.7. The minimum absolute atomic E-state index is 0.0616. The molecule has 0 fully saturated rings. The van der Waals surface area contributed by atoms with Crippen molar-refractivity contribution in [2.75, 3.05) is 12.3 Å². The molecule has 0 bridgehead atoms. The molecule has 4 nitrogen and oxygen atoms in total. The second-order valence-corrected chi connectivity index (χ2v) is 9.69. The van der Waals surface area contributed by atoms with Crippen LogP contribution in [0.25, 0.3) is 0 Å². The van der Waals surface area contributed by atoms with Gasteiger partial charge in [-0.2, -0.15) is 0 Å². The van der Waals surface area contributed by atoms with E-state index in [1.54, 1.807) is 17.0 Å². The van der Waals surface area contributed by atoms with E-state index < -0.39 is 6.04 Å². The molecule has 1 N–H and O–H groups in total. The maximum absolute atomic E-state index is 13.2. The molecule has 0 heterocycles. The molecule has 7 heteroatoms. The highest BCUT2D eigenvalue weighted by molar-refractivity contribution is 7.99. The van der Waals surface area contributed by atoms with E-state index in [9.17, 15) is 9.59 Å². The van der Waals surface area contributed by atoms with Crippen LogP contribution in [0.1, 0.15) is 38.3 Å². The van der Waals surface area contributed by atoms with E-state index in [0.29, 0.717) is 41.2 Å². The first-order valence-corrected chi connectivity index (χ1v) is 12.3. The molecule has 31 heavy (non-hydrogen) atoms. The first-order valence-electron chi connectivity index (χ1n) is 10.4. The second-order valence-electron chi connectivity index (χ2n) is 7.83. The Balaban J connectivity index is 2.11. The van der Waals surface area contributed by atoms with Crippen LogP contribution in [0.3, 0.4) is 0 Å². The molecule has 0 saturated heterocycles. The SMILES string of the molecule is CC[C@H](C(=O)NCC(C)C)N(Cc1ccc(Cl)cc1)C(=O)CSCc1cccc(Cl)c1. The Morgan fingerprint density at radius 1 is 1.03 bits per heavy atom. The highest BCUT2D eigenvalue weighted by Gasteiger charge is 2.28. The number of carbonyl (C=O) groups is 2. The predicted molar refractivity (Wildman–Crippen MR) is 132 cm³/mol. The Hall–Kier alpha value is -1.69. The maximum Gasteiger partial charge on any atom is 0.242 e. The Morgan fingerprint density at radius 3 is 2.35 bits per heavy atom. The summed E-state index contributed by atoms with van der Waals surface area (Å²) in [7, 11) is 0. The third kappa shape index (κ3) is 8.76. The molecule has 0 unspecified atom stereocenters. The van der Waals surface area contributed by atoms with Gasteiger partial charge in [0.25, 0.3) is 0 Å². The van der Waals surface area contributed by atoms with Gasteiger partial charge >= 0.3 is 0 Å². The molecule has 0 aromatic heterocycles. The fourth-order valence-corrected chi connectivity index (χ4v) is 4.29. The molecule has 2 rings (SSSR count). The quantitative estimate of drug-likeness (QED) is 0.441. The van der Waals surface area contributed by atoms with E-state index in [1.165, 1.54) is 11.8 Å². The van der Waals surface area contributed by atoms with Gasteiger partial charge in [-0.25, -0.2) is 0 Å². The zero-order chi connectivity index (χ0) is 22.8. The molecule has 0 aliphatic rings. The van der Waals surface area contributed by atoms with Crippen molar-refractivity contribution in [2.24, 2.45) is 5.92 Å². The van der Waals surface area contributed by atoms with E-state index in [0.717, 1.165) is 11.1 Å². The zero-order valence-electron chi connectivity index (χ0n) is 18.2. The number of amides is 2. The van der Waals surface area contributed by atoms with Crippen LogP contribution in [0.5, 0.6) is 0 Å². The topological polar surface area (TPSA) is 49.4 Å². The fraction of sp³-hybridized carbons (Fsp3) is 0.417. The molecule has 0 aliphatic heterocycles. The Kier molecular flexibility index (Phi) is 10.7. The number of nitrogens with zero attached hydrogens (tertiary/aromatic N) is 1. The highest BCUT2D eigenvalue weighted by atomic mass is 35.5. The summed E-state index contributed by atoms with van der Waals surface area (Å²) >= 11 is 13.6. The standard InChI is InChI=1S/C24H30Cl2N2O2S/c1-4-22(24(30)27-13-17(2)3)28(14-18-8-10-20(25)11-9-18)23(29)16-31-15-19-6-5-7-21(26)12-19/h5-12,17,22H,4,13-16H2,1-3H3,(H,27,30)/t22-/m1/s1. The summed E-state index contributed by atoms with van der Waals surface area (Å²) in [6.07, 6.45) is 0.544. The molecule has 0 saturated carbocycles. The van der Waals surface area contributed by atoms with Gasteiger partial charge in [0.1, 0.15) is 6.04 Å². The van der Waals surface area contributed by atoms with Crippen LogP contribution in [0.4, 0.5) is 0 Å². The molecular weight excluding hydrogens is 451 g/mol. The van der Waals surface area contributed by atoms with E-state index in [4.69, 9.17) is 23.2 Å². The van der Waals surface area contributed by atoms with Crippen molar-refractivity contribution in [3.8, 4) is 0 Å². The first-order chi connectivity index (χ1) is 14.8. The number of carbonyl (C=O) groups excluding carboxylic acids is 2. The summed E-state index contributed by atoms with van der Waals surface area (Å²) in [5.41, 5.74) is 2.00. The smallest absolute Gasteiger partial charge is 0.242 e. The average Bonchev–Trinajstić information content (AvgIpc) is 2.73. The molecule has 0 spiro atoms. The second kappa shape index (κ2) is 13.0. The van der Waals surface area contributed by atoms with Gasteiger partial charge in [0.15, 0.2) is 0 Å². The summed E-state index contributed by atoms with van der Waals surface area (Å²) < 4.78 is 0. The van der Waals surface area contributed by atoms with Crippen LogP contribution < -0.4 is 5.32 Å². The van der Waals surface area contributed by atoms with Crippen LogP contribution in [0, 0.1) is 5.92 Å². The third-order valence-electron chi connectivity index (χ3n) is 4.72. The molecule has 0 aliphatic carbocycles. The van der Waals surface area contributed by atoms with E-state index >= 15 is 0 Å². The summed E-state index contributed by atoms with van der Waals surface area (Å²) in [5.74, 6) is 1.13. The predicted octanol–water partition coefficient (Wildman–Crippen LogP) is 5.81. The average molecular weight is 481 g/mol. The number of thioether (sulfide) groups is 1. The Bertz CT molecular complexity index is 859. The van der Waals surface area contributed by atoms with Crippen LogP contribution in [-0.2, 0) is 21.9 Å². The van der Waals surface area contributed by atoms with E-state index in [2.05, 4.69) is 5.32 Å². The lowest BCUT2D eigenvalue weighted by Crippen LogP contribution is -2.50. The molecule has 0 radical (unpaired) electrons. The van der Waals surface area contributed by atoms with Crippen LogP contribution in [-0.4, -0.2) is 35.1 Å². The molecule has 2 aromatic carbocycles. The van der Waals surface area contributed by atoms with Gasteiger partial charge in [-0.05, 0) is 47.7 Å². The molecule has 1 atom stereocenters. The van der Waals surface area contributed by atoms with Crippen LogP contribution in [0.15, 0.2) is 48.5 Å². The maximum atomic E-state index is 13.2. The number of halogens is 2. The Labute approximate surface area is 199 Å². The van der Waals surface area contributed by atoms with Crippen molar-refractivity contribution < 1.29 is 9.59 Å². The minimum Gasteiger partial charge on any atom is -0.354 e. The summed E-state index contributed by atoms with van der Waals surface area (Å²) in [6.45, 7) is 6.97. The van der Waals surface area contributed by atoms with Gasteiger partial charge in [0.2, 0.25) is 11.8 Å². The highest BCUT2D eigenvalue weighted by Crippen LogP contribution is 2.20. The lowest BCUT2D eigenvalue weighted by molar-refractivity contribution is -0.139. The van der Waals surface area contributed by atoms with Gasteiger partial charge in [-0.15, -0.1) is 11.8 Å². The van der Waals surface area contributed by atoms with Gasteiger partial charge in [0, 0.05) is 28.9 Å². The normalized spacial score (nSPS) is 11.9.